The van der Waals surface area contributed by atoms with Gasteiger partial charge in [-0.1, -0.05) is 51.1 Å². The topological polar surface area (TPSA) is 66.5 Å². The van der Waals surface area contributed by atoms with Crippen molar-refractivity contribution in [1.82, 2.24) is 4.90 Å². The van der Waals surface area contributed by atoms with E-state index in [0.717, 1.165) is 28.1 Å². The number of amides is 3. The summed E-state index contributed by atoms with van der Waals surface area (Å²) in [5.41, 5.74) is 3.47. The molecule has 0 fully saturated rings. The zero-order chi connectivity index (χ0) is 20.4. The average Bonchev–Trinajstić information content (AvgIpc) is 2.92. The largest absolute Gasteiger partial charge is 0.324 e. The fourth-order valence-corrected chi connectivity index (χ4v) is 3.68. The molecular weight excluding hydrogens is 352 g/mol. The van der Waals surface area contributed by atoms with Crippen molar-refractivity contribution < 1.29 is 14.4 Å². The van der Waals surface area contributed by atoms with Crippen molar-refractivity contribution in [3.05, 3.63) is 64.7 Å². The molecule has 1 aliphatic heterocycles. The van der Waals surface area contributed by atoms with E-state index in [-0.39, 0.29) is 11.8 Å². The monoisotopic (exact) mass is 378 g/mol. The zero-order valence-electron chi connectivity index (χ0n) is 16.8. The summed E-state index contributed by atoms with van der Waals surface area (Å²) in [7, 11) is 0. The van der Waals surface area contributed by atoms with Gasteiger partial charge in [-0.15, -0.1) is 0 Å². The first kappa shape index (κ1) is 19.8. The Bertz CT molecular complexity index is 898. The first-order valence-corrected chi connectivity index (χ1v) is 9.71. The highest BCUT2D eigenvalue weighted by atomic mass is 16.2. The lowest BCUT2D eigenvalue weighted by molar-refractivity contribution is -0.120. The van der Waals surface area contributed by atoms with E-state index in [4.69, 9.17) is 0 Å². The van der Waals surface area contributed by atoms with Gasteiger partial charge >= 0.3 is 0 Å². The number of carbonyl (C=O) groups excluding carboxylic acids is 3. The number of rotatable bonds is 6. The van der Waals surface area contributed by atoms with E-state index in [2.05, 4.69) is 5.32 Å². The molecule has 0 saturated carbocycles. The molecule has 0 saturated heterocycles. The number of hydrogen-bond donors (Lipinski definition) is 1. The first-order chi connectivity index (χ1) is 13.3. The van der Waals surface area contributed by atoms with Crippen LogP contribution in [0.5, 0.6) is 0 Å². The van der Waals surface area contributed by atoms with Crippen LogP contribution in [0.25, 0.3) is 0 Å². The van der Waals surface area contributed by atoms with Crippen LogP contribution in [0, 0.1) is 12.8 Å². The van der Waals surface area contributed by atoms with Gasteiger partial charge in [0.05, 0.1) is 11.1 Å². The fraction of sp³-hybridized carbons (Fsp3) is 0.348. The maximum Gasteiger partial charge on any atom is 0.262 e. The van der Waals surface area contributed by atoms with Crippen LogP contribution in [-0.2, 0) is 11.2 Å². The molecule has 1 atom stereocenters. The number of carbonyl (C=O) groups is 3. The van der Waals surface area contributed by atoms with E-state index in [0.29, 0.717) is 17.5 Å². The number of anilines is 1. The van der Waals surface area contributed by atoms with E-state index in [1.54, 1.807) is 24.3 Å². The molecule has 2 aromatic rings. The summed E-state index contributed by atoms with van der Waals surface area (Å²) in [4.78, 5) is 40.2. The fourth-order valence-electron chi connectivity index (χ4n) is 3.68. The molecule has 0 spiro atoms. The van der Waals surface area contributed by atoms with Crippen molar-refractivity contribution in [2.75, 3.05) is 5.32 Å². The molecule has 3 amide bonds. The van der Waals surface area contributed by atoms with Crippen LogP contribution in [0.2, 0.25) is 0 Å². The van der Waals surface area contributed by atoms with Gasteiger partial charge in [0.1, 0.15) is 6.04 Å². The van der Waals surface area contributed by atoms with Crippen LogP contribution in [0.1, 0.15) is 59.0 Å². The Kier molecular flexibility index (Phi) is 5.63. The number of para-hydroxylation sites is 1. The van der Waals surface area contributed by atoms with Gasteiger partial charge in [0.2, 0.25) is 5.91 Å². The van der Waals surface area contributed by atoms with E-state index in [1.807, 2.05) is 45.9 Å². The van der Waals surface area contributed by atoms with Crippen LogP contribution in [-0.4, -0.2) is 28.7 Å². The lowest BCUT2D eigenvalue weighted by Gasteiger charge is -2.27. The number of nitrogens with one attached hydrogen (secondary N) is 1. The Morgan fingerprint density at radius 1 is 1.00 bits per heavy atom. The minimum absolute atomic E-state index is 0.141. The van der Waals surface area contributed by atoms with Gasteiger partial charge in [0.15, 0.2) is 0 Å². The van der Waals surface area contributed by atoms with Crippen molar-refractivity contribution >= 4 is 23.4 Å². The smallest absolute Gasteiger partial charge is 0.262 e. The second-order valence-electron chi connectivity index (χ2n) is 7.62. The van der Waals surface area contributed by atoms with Crippen molar-refractivity contribution in [3.8, 4) is 0 Å². The quantitative estimate of drug-likeness (QED) is 0.766. The molecule has 2 aromatic carbocycles. The number of imide groups is 1. The van der Waals surface area contributed by atoms with Crippen LogP contribution >= 0.6 is 0 Å². The molecule has 1 unspecified atom stereocenters. The number of fused-ring (bicyclic) bond motifs is 1. The Morgan fingerprint density at radius 3 is 2.14 bits per heavy atom. The second-order valence-corrected chi connectivity index (χ2v) is 7.62. The Morgan fingerprint density at radius 2 is 1.61 bits per heavy atom. The Labute approximate surface area is 165 Å². The summed E-state index contributed by atoms with van der Waals surface area (Å²) in [6.07, 6.45) is 1.18. The molecule has 0 radical (unpaired) electrons. The highest BCUT2D eigenvalue weighted by molar-refractivity contribution is 6.23. The number of nitrogens with zero attached hydrogens (tertiary/aromatic N) is 1. The number of hydrogen-bond acceptors (Lipinski definition) is 3. The van der Waals surface area contributed by atoms with Crippen molar-refractivity contribution in [2.24, 2.45) is 5.92 Å². The molecule has 3 rings (SSSR count). The van der Waals surface area contributed by atoms with Gasteiger partial charge in [0, 0.05) is 5.69 Å². The van der Waals surface area contributed by atoms with Crippen molar-refractivity contribution in [3.63, 3.8) is 0 Å². The highest BCUT2D eigenvalue weighted by Gasteiger charge is 2.42. The summed E-state index contributed by atoms with van der Waals surface area (Å²) < 4.78 is 0. The summed E-state index contributed by atoms with van der Waals surface area (Å²) in [6, 6.07) is 11.7. The van der Waals surface area contributed by atoms with E-state index < -0.39 is 17.9 Å². The van der Waals surface area contributed by atoms with E-state index >= 15 is 0 Å². The van der Waals surface area contributed by atoms with E-state index in [9.17, 15) is 14.4 Å². The molecule has 0 aliphatic carbocycles. The molecule has 1 heterocycles. The first-order valence-electron chi connectivity index (χ1n) is 9.71. The second kappa shape index (κ2) is 7.97. The normalized spacial score (nSPS) is 14.4. The summed E-state index contributed by atoms with van der Waals surface area (Å²) in [5, 5.41) is 2.99. The van der Waals surface area contributed by atoms with Crippen LogP contribution in [0.4, 0.5) is 5.69 Å². The third-order valence-electron chi connectivity index (χ3n) is 5.12. The van der Waals surface area contributed by atoms with Crippen LogP contribution < -0.4 is 5.32 Å². The molecule has 5 heteroatoms. The lowest BCUT2D eigenvalue weighted by atomic mass is 10.0. The lowest BCUT2D eigenvalue weighted by Crippen LogP contribution is -2.48. The van der Waals surface area contributed by atoms with Crippen LogP contribution in [0.3, 0.4) is 0 Å². The molecule has 1 N–H and O–H groups in total. The average molecular weight is 378 g/mol. The highest BCUT2D eigenvalue weighted by Crippen LogP contribution is 2.28. The summed E-state index contributed by atoms with van der Waals surface area (Å²) >= 11 is 0. The third-order valence-corrected chi connectivity index (χ3v) is 5.12. The number of benzene rings is 2. The zero-order valence-corrected chi connectivity index (χ0v) is 16.8. The van der Waals surface area contributed by atoms with Crippen LogP contribution in [0.15, 0.2) is 42.5 Å². The van der Waals surface area contributed by atoms with Gasteiger partial charge in [-0.25, -0.2) is 0 Å². The van der Waals surface area contributed by atoms with Gasteiger partial charge in [0.25, 0.3) is 11.8 Å². The molecule has 1 aliphatic rings. The minimum Gasteiger partial charge on any atom is -0.324 e. The molecule has 146 valence electrons. The maximum atomic E-state index is 13.2. The minimum atomic E-state index is -0.850. The Hall–Kier alpha value is -2.95. The molecular formula is C23H26N2O3. The van der Waals surface area contributed by atoms with E-state index in [1.165, 1.54) is 0 Å². The maximum absolute atomic E-state index is 13.2. The van der Waals surface area contributed by atoms with Gasteiger partial charge in [-0.05, 0) is 48.9 Å². The standard InChI is InChI=1S/C23H26N2O3/c1-5-16-10-8-9-15(4)20(16)24-21(26)19(13-14(2)3)25-22(27)17-11-6-7-12-18(17)23(25)28/h6-12,14,19H,5,13H2,1-4H3,(H,24,26). The molecule has 0 bridgehead atoms. The van der Waals surface area contributed by atoms with Crippen molar-refractivity contribution in [1.29, 1.82) is 0 Å². The summed E-state index contributed by atoms with van der Waals surface area (Å²) in [6.45, 7) is 7.92. The number of aryl methyl sites for hydroxylation is 2. The Balaban J connectivity index is 1.95. The molecule has 0 aromatic heterocycles. The summed E-state index contributed by atoms with van der Waals surface area (Å²) in [5.74, 6) is -0.987. The van der Waals surface area contributed by atoms with Crippen molar-refractivity contribution in [2.45, 2.75) is 46.6 Å². The van der Waals surface area contributed by atoms with Gasteiger partial charge < -0.3 is 5.32 Å². The predicted molar refractivity (Wildman–Crippen MR) is 109 cm³/mol. The third kappa shape index (κ3) is 3.57. The molecule has 28 heavy (non-hydrogen) atoms. The molecule has 5 nitrogen and oxygen atoms in total. The van der Waals surface area contributed by atoms with Gasteiger partial charge in [-0.2, -0.15) is 0 Å². The SMILES string of the molecule is CCc1cccc(C)c1NC(=O)C(CC(C)C)N1C(=O)c2ccccc2C1=O. The predicted octanol–water partition coefficient (Wildman–Crippen LogP) is 4.21. The van der Waals surface area contributed by atoms with Gasteiger partial charge in [-0.3, -0.25) is 19.3 Å².